The molecule has 1 unspecified atom stereocenters. The fourth-order valence-electron chi connectivity index (χ4n) is 2.62. The second-order valence-corrected chi connectivity index (χ2v) is 7.53. The van der Waals surface area contributed by atoms with Gasteiger partial charge in [-0.2, -0.15) is 0 Å². The molecule has 1 aliphatic carbocycles. The number of hydrogen-bond acceptors (Lipinski definition) is 2. The number of ether oxygens (including phenoxy) is 2. The summed E-state index contributed by atoms with van der Waals surface area (Å²) in [4.78, 5) is 0. The van der Waals surface area contributed by atoms with Crippen molar-refractivity contribution in [2.75, 3.05) is 14.2 Å². The topological polar surface area (TPSA) is 18.5 Å². The van der Waals surface area contributed by atoms with Crippen molar-refractivity contribution in [3.05, 3.63) is 0 Å². The van der Waals surface area contributed by atoms with E-state index in [4.69, 9.17) is 9.47 Å². The predicted molar refractivity (Wildman–Crippen MR) is 62.2 cm³/mol. The summed E-state index contributed by atoms with van der Waals surface area (Å²) in [6, 6.07) is 1.40. The van der Waals surface area contributed by atoms with E-state index in [0.717, 1.165) is 5.92 Å². The van der Waals surface area contributed by atoms with Gasteiger partial charge in [-0.05, 0) is 5.92 Å². The van der Waals surface area contributed by atoms with E-state index in [2.05, 4.69) is 6.55 Å². The van der Waals surface area contributed by atoms with Crippen LogP contribution in [0.2, 0.25) is 12.6 Å². The van der Waals surface area contributed by atoms with Crippen molar-refractivity contribution in [1.82, 2.24) is 0 Å². The summed E-state index contributed by atoms with van der Waals surface area (Å²) in [6.45, 7) is 2.37. The average Bonchev–Trinajstić information content (AvgIpc) is 2.21. The fourth-order valence-corrected chi connectivity index (χ4v) is 5.30. The minimum Gasteiger partial charge on any atom is -0.360 e. The average molecular weight is 216 g/mol. The minimum atomic E-state index is -0.835. The normalized spacial score (nSPS) is 21.4. The predicted octanol–water partition coefficient (Wildman–Crippen LogP) is 2.58. The molecule has 1 aliphatic rings. The molecule has 0 spiro atoms. The first-order chi connectivity index (χ1) is 6.77. The molecule has 2 nitrogen and oxygen atoms in total. The lowest BCUT2D eigenvalue weighted by Crippen LogP contribution is -2.33. The Bertz CT molecular complexity index is 142. The Morgan fingerprint density at radius 3 is 2.21 bits per heavy atom. The van der Waals surface area contributed by atoms with Crippen LogP contribution in [-0.2, 0) is 9.47 Å². The first-order valence-corrected chi connectivity index (χ1v) is 8.47. The summed E-state index contributed by atoms with van der Waals surface area (Å²) < 4.78 is 10.7. The SMILES string of the molecule is COC(OC)[SiH](C)CC1CCCCC1. The van der Waals surface area contributed by atoms with Crippen LogP contribution >= 0.6 is 0 Å². The Balaban J connectivity index is 2.26. The molecule has 0 saturated heterocycles. The third kappa shape index (κ3) is 3.71. The van der Waals surface area contributed by atoms with Crippen molar-refractivity contribution in [2.24, 2.45) is 5.92 Å². The number of rotatable bonds is 5. The van der Waals surface area contributed by atoms with Gasteiger partial charge in [-0.15, -0.1) is 0 Å². The Labute approximate surface area is 89.6 Å². The van der Waals surface area contributed by atoms with Crippen LogP contribution in [0.1, 0.15) is 32.1 Å². The third-order valence-electron chi connectivity index (χ3n) is 3.36. The lowest BCUT2D eigenvalue weighted by Gasteiger charge is -2.27. The Hall–Kier alpha value is 0.137. The van der Waals surface area contributed by atoms with Gasteiger partial charge in [0.15, 0.2) is 0 Å². The van der Waals surface area contributed by atoms with Gasteiger partial charge in [-0.1, -0.05) is 44.7 Å². The summed E-state index contributed by atoms with van der Waals surface area (Å²) in [7, 11) is 2.69. The fraction of sp³-hybridized carbons (Fsp3) is 1.00. The van der Waals surface area contributed by atoms with Gasteiger partial charge in [0, 0.05) is 14.2 Å². The van der Waals surface area contributed by atoms with E-state index in [0.29, 0.717) is 0 Å². The second kappa shape index (κ2) is 6.59. The highest BCUT2D eigenvalue weighted by atomic mass is 28.3. The maximum atomic E-state index is 5.34. The first kappa shape index (κ1) is 12.2. The van der Waals surface area contributed by atoms with E-state index in [9.17, 15) is 0 Å². The van der Waals surface area contributed by atoms with Gasteiger partial charge < -0.3 is 9.47 Å². The van der Waals surface area contributed by atoms with Crippen molar-refractivity contribution >= 4 is 8.80 Å². The van der Waals surface area contributed by atoms with E-state index in [1.807, 2.05) is 0 Å². The molecule has 0 aromatic carbocycles. The quantitative estimate of drug-likeness (QED) is 0.519. The third-order valence-corrected chi connectivity index (χ3v) is 6.24. The maximum absolute atomic E-state index is 5.34. The molecule has 1 atom stereocenters. The van der Waals surface area contributed by atoms with Crippen LogP contribution in [0, 0.1) is 5.92 Å². The zero-order valence-corrected chi connectivity index (χ0v) is 10.9. The van der Waals surface area contributed by atoms with Crippen molar-refractivity contribution in [3.63, 3.8) is 0 Å². The molecule has 0 bridgehead atoms. The van der Waals surface area contributed by atoms with Crippen LogP contribution in [0.25, 0.3) is 0 Å². The molecule has 0 aromatic heterocycles. The second-order valence-electron chi connectivity index (χ2n) is 4.56. The van der Waals surface area contributed by atoms with E-state index < -0.39 is 8.80 Å². The summed E-state index contributed by atoms with van der Waals surface area (Å²) in [6.07, 6.45) is 7.21. The van der Waals surface area contributed by atoms with Crippen LogP contribution in [0.4, 0.5) is 0 Å². The highest BCUT2D eigenvalue weighted by molar-refractivity contribution is 6.58. The Kier molecular flexibility index (Phi) is 5.75. The van der Waals surface area contributed by atoms with Gasteiger partial charge in [0.05, 0.1) is 0 Å². The van der Waals surface area contributed by atoms with Gasteiger partial charge in [0.1, 0.15) is 14.7 Å². The van der Waals surface area contributed by atoms with Gasteiger partial charge >= 0.3 is 0 Å². The van der Waals surface area contributed by atoms with Crippen molar-refractivity contribution in [2.45, 2.75) is 50.6 Å². The smallest absolute Gasteiger partial charge is 0.137 e. The summed E-state index contributed by atoms with van der Waals surface area (Å²) in [5, 5.41) is 0. The van der Waals surface area contributed by atoms with Crippen molar-refractivity contribution in [3.8, 4) is 0 Å². The van der Waals surface area contributed by atoms with Gasteiger partial charge in [-0.3, -0.25) is 0 Å². The Morgan fingerprint density at radius 1 is 1.14 bits per heavy atom. The van der Waals surface area contributed by atoms with E-state index in [-0.39, 0.29) is 5.91 Å². The molecule has 1 rings (SSSR count). The molecule has 1 saturated carbocycles. The lowest BCUT2D eigenvalue weighted by molar-refractivity contribution is -0.0473. The van der Waals surface area contributed by atoms with E-state index >= 15 is 0 Å². The number of methoxy groups -OCH3 is 2. The molecular weight excluding hydrogens is 192 g/mol. The van der Waals surface area contributed by atoms with Crippen LogP contribution < -0.4 is 0 Å². The molecule has 0 aromatic rings. The van der Waals surface area contributed by atoms with Crippen LogP contribution in [-0.4, -0.2) is 28.9 Å². The molecule has 84 valence electrons. The summed E-state index contributed by atoms with van der Waals surface area (Å²) >= 11 is 0. The molecule has 0 amide bonds. The molecule has 1 fully saturated rings. The largest absolute Gasteiger partial charge is 0.360 e. The summed E-state index contributed by atoms with van der Waals surface area (Å²) in [5.74, 6) is 1.09. The zero-order valence-electron chi connectivity index (χ0n) is 9.79. The monoisotopic (exact) mass is 216 g/mol. The van der Waals surface area contributed by atoms with Crippen molar-refractivity contribution in [1.29, 1.82) is 0 Å². The van der Waals surface area contributed by atoms with Gasteiger partial charge in [0.2, 0.25) is 0 Å². The molecule has 14 heavy (non-hydrogen) atoms. The highest BCUT2D eigenvalue weighted by Gasteiger charge is 2.23. The van der Waals surface area contributed by atoms with Gasteiger partial charge in [-0.25, -0.2) is 0 Å². The minimum absolute atomic E-state index is 0.122. The zero-order chi connectivity index (χ0) is 10.4. The maximum Gasteiger partial charge on any atom is 0.137 e. The van der Waals surface area contributed by atoms with E-state index in [1.165, 1.54) is 38.1 Å². The Morgan fingerprint density at radius 2 is 1.71 bits per heavy atom. The molecular formula is C11H24O2Si. The number of hydrogen-bond donors (Lipinski definition) is 0. The molecule has 0 aliphatic heterocycles. The molecule has 0 N–H and O–H groups in total. The molecule has 0 heterocycles. The van der Waals surface area contributed by atoms with E-state index in [1.54, 1.807) is 14.2 Å². The highest BCUT2D eigenvalue weighted by Crippen LogP contribution is 2.28. The van der Waals surface area contributed by atoms with Crippen LogP contribution in [0.3, 0.4) is 0 Å². The lowest BCUT2D eigenvalue weighted by atomic mass is 9.91. The standard InChI is InChI=1S/C11H24O2Si/c1-12-11(13-2)14(3)9-10-7-5-4-6-8-10/h10-11,14H,4-9H2,1-3H3. The van der Waals surface area contributed by atoms with Gasteiger partial charge in [0.25, 0.3) is 0 Å². The van der Waals surface area contributed by atoms with Crippen molar-refractivity contribution < 1.29 is 9.47 Å². The van der Waals surface area contributed by atoms with Crippen LogP contribution in [0.15, 0.2) is 0 Å². The first-order valence-electron chi connectivity index (χ1n) is 5.83. The molecule has 3 heteroatoms. The summed E-state index contributed by atoms with van der Waals surface area (Å²) in [5.41, 5.74) is 0. The van der Waals surface area contributed by atoms with Crippen LogP contribution in [0.5, 0.6) is 0 Å². The molecule has 0 radical (unpaired) electrons.